The summed E-state index contributed by atoms with van der Waals surface area (Å²) in [6, 6.07) is 17.6. The summed E-state index contributed by atoms with van der Waals surface area (Å²) in [5, 5.41) is 3.03. The summed E-state index contributed by atoms with van der Waals surface area (Å²) in [7, 11) is 0. The van der Waals surface area contributed by atoms with E-state index in [0.29, 0.717) is 36.7 Å². The minimum atomic E-state index is -0.0385. The summed E-state index contributed by atoms with van der Waals surface area (Å²) >= 11 is 0. The fourth-order valence-electron chi connectivity index (χ4n) is 4.35. The first-order valence-electron chi connectivity index (χ1n) is 12.3. The molecule has 1 N–H and O–H groups in total. The molecule has 2 atom stereocenters. The third-order valence-corrected chi connectivity index (χ3v) is 6.54. The van der Waals surface area contributed by atoms with Crippen molar-refractivity contribution >= 4 is 5.91 Å². The van der Waals surface area contributed by atoms with Gasteiger partial charge in [0.2, 0.25) is 0 Å². The molecule has 0 saturated carbocycles. The Bertz CT molecular complexity index is 820. The minimum Gasteiger partial charge on any atom is -0.494 e. The van der Waals surface area contributed by atoms with E-state index < -0.39 is 0 Å². The molecule has 1 heterocycles. The number of likely N-dealkylation sites (tertiary alicyclic amines) is 1. The molecule has 0 spiro atoms. The maximum absolute atomic E-state index is 12.4. The van der Waals surface area contributed by atoms with Crippen molar-refractivity contribution < 1.29 is 9.53 Å². The lowest BCUT2D eigenvalue weighted by atomic mass is 9.96. The molecule has 1 fully saturated rings. The maximum Gasteiger partial charge on any atom is 0.251 e. The van der Waals surface area contributed by atoms with Crippen molar-refractivity contribution in [3.05, 3.63) is 65.2 Å². The number of hydrogen-bond donors (Lipinski definition) is 1. The number of amides is 1. The van der Waals surface area contributed by atoms with E-state index in [2.05, 4.69) is 62.2 Å². The topological polar surface area (TPSA) is 41.6 Å². The first kappa shape index (κ1) is 24.3. The van der Waals surface area contributed by atoms with Crippen LogP contribution >= 0.6 is 0 Å². The van der Waals surface area contributed by atoms with Crippen LogP contribution in [-0.4, -0.2) is 36.0 Å². The molecule has 1 amide bonds. The smallest absolute Gasteiger partial charge is 0.251 e. The largest absolute Gasteiger partial charge is 0.494 e. The monoisotopic (exact) mass is 436 g/mol. The average molecular weight is 437 g/mol. The zero-order valence-corrected chi connectivity index (χ0v) is 20.3. The summed E-state index contributed by atoms with van der Waals surface area (Å²) in [4.78, 5) is 15.1. The zero-order valence-electron chi connectivity index (χ0n) is 20.3. The molecule has 0 unspecified atom stereocenters. The van der Waals surface area contributed by atoms with Gasteiger partial charge in [0.05, 0.1) is 6.61 Å². The highest BCUT2D eigenvalue weighted by molar-refractivity contribution is 5.94. The second kappa shape index (κ2) is 12.1. The lowest BCUT2D eigenvalue weighted by molar-refractivity contribution is 0.0952. The van der Waals surface area contributed by atoms with E-state index in [4.69, 9.17) is 4.74 Å². The first-order chi connectivity index (χ1) is 15.4. The van der Waals surface area contributed by atoms with Gasteiger partial charge < -0.3 is 10.1 Å². The molecular formula is C28H40N2O2. The van der Waals surface area contributed by atoms with E-state index in [1.165, 1.54) is 30.4 Å². The minimum absolute atomic E-state index is 0.0385. The summed E-state index contributed by atoms with van der Waals surface area (Å²) < 4.78 is 5.72. The van der Waals surface area contributed by atoms with Gasteiger partial charge in [0.25, 0.3) is 5.91 Å². The van der Waals surface area contributed by atoms with Crippen LogP contribution in [0.25, 0.3) is 0 Å². The van der Waals surface area contributed by atoms with Crippen molar-refractivity contribution in [2.45, 2.75) is 78.4 Å². The summed E-state index contributed by atoms with van der Waals surface area (Å²) in [6.45, 7) is 11.4. The van der Waals surface area contributed by atoms with Crippen LogP contribution in [-0.2, 0) is 13.0 Å². The number of carbonyl (C=O) groups is 1. The Balaban J connectivity index is 1.41. The van der Waals surface area contributed by atoms with Gasteiger partial charge in [-0.2, -0.15) is 0 Å². The summed E-state index contributed by atoms with van der Waals surface area (Å²) in [5.74, 6) is 1.40. The van der Waals surface area contributed by atoms with Gasteiger partial charge in [-0.1, -0.05) is 44.5 Å². The van der Waals surface area contributed by atoms with Gasteiger partial charge in [-0.05, 0) is 80.8 Å². The van der Waals surface area contributed by atoms with Crippen molar-refractivity contribution in [2.24, 2.45) is 5.92 Å². The first-order valence-corrected chi connectivity index (χ1v) is 12.3. The molecule has 0 aromatic heterocycles. The second-order valence-corrected chi connectivity index (χ2v) is 9.68. The molecule has 2 aromatic carbocycles. The Labute approximate surface area is 194 Å². The second-order valence-electron chi connectivity index (χ2n) is 9.68. The van der Waals surface area contributed by atoms with Gasteiger partial charge in [-0.3, -0.25) is 9.69 Å². The number of ether oxygens (including phenoxy) is 1. The van der Waals surface area contributed by atoms with E-state index in [0.717, 1.165) is 25.1 Å². The Hall–Kier alpha value is -2.33. The van der Waals surface area contributed by atoms with Gasteiger partial charge >= 0.3 is 0 Å². The Morgan fingerprint density at radius 1 is 1.00 bits per heavy atom. The third kappa shape index (κ3) is 7.37. The Kier molecular flexibility index (Phi) is 9.16. The van der Waals surface area contributed by atoms with Crippen molar-refractivity contribution in [3.8, 4) is 5.75 Å². The molecule has 0 aliphatic carbocycles. The van der Waals surface area contributed by atoms with Gasteiger partial charge in [0.1, 0.15) is 5.75 Å². The van der Waals surface area contributed by atoms with Gasteiger partial charge in [0, 0.05) is 30.7 Å². The van der Waals surface area contributed by atoms with Gasteiger partial charge in [-0.25, -0.2) is 0 Å². The number of rotatable bonds is 10. The van der Waals surface area contributed by atoms with E-state index in [1.54, 1.807) is 0 Å². The quantitative estimate of drug-likeness (QED) is 0.508. The van der Waals surface area contributed by atoms with E-state index in [1.807, 2.05) is 24.3 Å². The number of piperidine rings is 1. The molecule has 2 aromatic rings. The molecular weight excluding hydrogens is 396 g/mol. The van der Waals surface area contributed by atoms with Crippen LogP contribution < -0.4 is 10.1 Å². The van der Waals surface area contributed by atoms with Crippen LogP contribution in [0.4, 0.5) is 0 Å². The molecule has 1 aliphatic heterocycles. The molecule has 32 heavy (non-hydrogen) atoms. The van der Waals surface area contributed by atoms with Gasteiger partial charge in [-0.15, -0.1) is 0 Å². The summed E-state index contributed by atoms with van der Waals surface area (Å²) in [5.41, 5.74) is 3.29. The molecule has 0 radical (unpaired) electrons. The van der Waals surface area contributed by atoms with Crippen LogP contribution in [0.5, 0.6) is 5.75 Å². The van der Waals surface area contributed by atoms with Crippen LogP contribution in [0, 0.1) is 5.92 Å². The molecule has 3 rings (SSSR count). The van der Waals surface area contributed by atoms with Crippen LogP contribution in [0.1, 0.15) is 74.9 Å². The van der Waals surface area contributed by atoms with Gasteiger partial charge in [0.15, 0.2) is 0 Å². The normalized spacial score (nSPS) is 19.2. The number of carbonyl (C=O) groups excluding carboxylic acids is 1. The van der Waals surface area contributed by atoms with E-state index in [-0.39, 0.29) is 5.91 Å². The molecule has 4 nitrogen and oxygen atoms in total. The molecule has 1 aliphatic rings. The molecule has 1 saturated heterocycles. The van der Waals surface area contributed by atoms with Crippen molar-refractivity contribution in [2.75, 3.05) is 13.2 Å². The molecule has 174 valence electrons. The maximum atomic E-state index is 12.4. The van der Waals surface area contributed by atoms with Crippen LogP contribution in [0.15, 0.2) is 48.5 Å². The fourth-order valence-corrected chi connectivity index (χ4v) is 4.35. The predicted octanol–water partition coefficient (Wildman–Crippen LogP) is 5.85. The Morgan fingerprint density at radius 2 is 1.62 bits per heavy atom. The van der Waals surface area contributed by atoms with Crippen molar-refractivity contribution in [3.63, 3.8) is 0 Å². The summed E-state index contributed by atoms with van der Waals surface area (Å²) in [6.07, 6.45) is 5.81. The lowest BCUT2D eigenvalue weighted by Crippen LogP contribution is -2.42. The molecule has 0 bridgehead atoms. The fraction of sp³-hybridized carbons (Fsp3) is 0.536. The van der Waals surface area contributed by atoms with Crippen LogP contribution in [0.3, 0.4) is 0 Å². The highest BCUT2D eigenvalue weighted by Gasteiger charge is 2.24. The predicted molar refractivity (Wildman–Crippen MR) is 132 cm³/mol. The highest BCUT2D eigenvalue weighted by Crippen LogP contribution is 2.24. The SMILES string of the molecule is CC(C)CCOc1ccc(C(=O)NCCc2ccc(CN3[C@H](C)CCC[C@@H]3C)cc2)cc1. The average Bonchev–Trinajstić information content (AvgIpc) is 2.77. The number of nitrogens with one attached hydrogen (secondary N) is 1. The number of benzene rings is 2. The lowest BCUT2D eigenvalue weighted by Gasteiger charge is -2.39. The van der Waals surface area contributed by atoms with Crippen molar-refractivity contribution in [1.82, 2.24) is 10.2 Å². The Morgan fingerprint density at radius 3 is 2.25 bits per heavy atom. The van der Waals surface area contributed by atoms with E-state index >= 15 is 0 Å². The zero-order chi connectivity index (χ0) is 22.9. The highest BCUT2D eigenvalue weighted by atomic mass is 16.5. The third-order valence-electron chi connectivity index (χ3n) is 6.54. The van der Waals surface area contributed by atoms with E-state index in [9.17, 15) is 4.79 Å². The molecule has 4 heteroatoms. The number of hydrogen-bond acceptors (Lipinski definition) is 3. The standard InChI is InChI=1S/C28H40N2O2/c1-21(2)17-19-32-27-14-12-26(13-15-27)28(31)29-18-16-24-8-10-25(11-9-24)20-30-22(3)6-5-7-23(30)4/h8-15,21-23H,5-7,16-20H2,1-4H3,(H,29,31)/t22-,23+. The van der Waals surface area contributed by atoms with Crippen molar-refractivity contribution in [1.29, 1.82) is 0 Å². The number of nitrogens with zero attached hydrogens (tertiary/aromatic N) is 1. The van der Waals surface area contributed by atoms with Crippen LogP contribution in [0.2, 0.25) is 0 Å².